The molecule has 2 aliphatic heterocycles. The van der Waals surface area contributed by atoms with Crippen molar-refractivity contribution in [3.8, 4) is 0 Å². The Labute approximate surface area is 190 Å². The van der Waals surface area contributed by atoms with E-state index in [1.807, 2.05) is 32.0 Å². The average Bonchev–Trinajstić information content (AvgIpc) is 3.16. The highest BCUT2D eigenvalue weighted by molar-refractivity contribution is 6.02. The monoisotopic (exact) mass is 460 g/mol. The van der Waals surface area contributed by atoms with Gasteiger partial charge in [0.05, 0.1) is 11.5 Å². The van der Waals surface area contributed by atoms with Gasteiger partial charge in [-0.1, -0.05) is 32.1 Å². The number of nitrogens with zero attached hydrogens (tertiary/aromatic N) is 3. The summed E-state index contributed by atoms with van der Waals surface area (Å²) in [6.45, 7) is 7.28. The zero-order valence-corrected chi connectivity index (χ0v) is 18.8. The van der Waals surface area contributed by atoms with Crippen molar-refractivity contribution in [3.05, 3.63) is 47.6 Å². The number of likely N-dealkylation sites (N-methyl/N-ethyl adjacent to an activating group) is 1. The molecule has 3 aliphatic rings. The Balaban J connectivity index is 1.51. The van der Waals surface area contributed by atoms with E-state index in [2.05, 4.69) is 22.2 Å². The fraction of sp³-hybridized carbons (Fsp3) is 0.458. The smallest absolute Gasteiger partial charge is 0.371 e. The molecule has 2 atom stereocenters. The minimum atomic E-state index is -4.49. The zero-order chi connectivity index (χ0) is 23.9. The van der Waals surface area contributed by atoms with Crippen LogP contribution in [0.3, 0.4) is 0 Å². The molecular weight excluding hydrogens is 433 g/mol. The molecule has 33 heavy (non-hydrogen) atoms. The van der Waals surface area contributed by atoms with Crippen LogP contribution < -0.4 is 10.2 Å². The van der Waals surface area contributed by atoms with Crippen LogP contribution in [0, 0.1) is 17.8 Å². The first kappa shape index (κ1) is 23.1. The molecule has 2 amide bonds. The van der Waals surface area contributed by atoms with Gasteiger partial charge in [0.2, 0.25) is 5.91 Å². The first-order valence-corrected chi connectivity index (χ1v) is 11.1. The van der Waals surface area contributed by atoms with Crippen LogP contribution in [0.1, 0.15) is 26.3 Å². The second-order valence-corrected chi connectivity index (χ2v) is 8.83. The summed E-state index contributed by atoms with van der Waals surface area (Å²) in [4.78, 5) is 27.9. The maximum absolute atomic E-state index is 13.2. The Morgan fingerprint density at radius 2 is 2.03 bits per heavy atom. The van der Waals surface area contributed by atoms with Crippen molar-refractivity contribution >= 4 is 28.9 Å². The van der Waals surface area contributed by atoms with E-state index >= 15 is 0 Å². The molecule has 4 rings (SSSR count). The highest BCUT2D eigenvalue weighted by Gasteiger charge is 2.43. The van der Waals surface area contributed by atoms with Gasteiger partial charge in [0.15, 0.2) is 0 Å². The Morgan fingerprint density at radius 1 is 1.27 bits per heavy atom. The molecule has 1 N–H and O–H groups in total. The van der Waals surface area contributed by atoms with Crippen molar-refractivity contribution in [2.45, 2.75) is 33.4 Å². The number of hydrogen-bond acceptors (Lipinski definition) is 4. The van der Waals surface area contributed by atoms with Crippen LogP contribution in [0.25, 0.3) is 0 Å². The summed E-state index contributed by atoms with van der Waals surface area (Å²) in [5.74, 6) is -2.66. The summed E-state index contributed by atoms with van der Waals surface area (Å²) in [5, 5.41) is 8.20. The molecular formula is C24H27F3N4O2. The van der Waals surface area contributed by atoms with Crippen LogP contribution in [-0.2, 0) is 16.0 Å². The van der Waals surface area contributed by atoms with Crippen molar-refractivity contribution in [3.63, 3.8) is 0 Å². The topological polar surface area (TPSA) is 65.0 Å². The SMILES string of the molecule is CCN1CCc2cc(NC(=O)CN3N=C(C(C)C)C4C=C(C(F)(F)F)C=CC4C3=O)ccc21. The second kappa shape index (κ2) is 8.68. The number of allylic oxidation sites excluding steroid dienone is 3. The van der Waals surface area contributed by atoms with Crippen molar-refractivity contribution < 1.29 is 22.8 Å². The van der Waals surface area contributed by atoms with E-state index in [9.17, 15) is 22.8 Å². The number of nitrogens with one attached hydrogen (secondary N) is 1. The van der Waals surface area contributed by atoms with Gasteiger partial charge in [0.25, 0.3) is 5.91 Å². The quantitative estimate of drug-likeness (QED) is 0.718. The molecule has 0 bridgehead atoms. The van der Waals surface area contributed by atoms with E-state index in [0.717, 1.165) is 47.9 Å². The second-order valence-electron chi connectivity index (χ2n) is 8.83. The summed E-state index contributed by atoms with van der Waals surface area (Å²) < 4.78 is 39.6. The summed E-state index contributed by atoms with van der Waals surface area (Å²) in [7, 11) is 0. The maximum Gasteiger partial charge on any atom is 0.416 e. The molecule has 0 spiro atoms. The van der Waals surface area contributed by atoms with Gasteiger partial charge >= 0.3 is 6.18 Å². The molecule has 2 heterocycles. The van der Waals surface area contributed by atoms with Gasteiger partial charge in [-0.15, -0.1) is 0 Å². The number of alkyl halides is 3. The number of amides is 2. The summed E-state index contributed by atoms with van der Waals surface area (Å²) in [6, 6.07) is 5.74. The fourth-order valence-corrected chi connectivity index (χ4v) is 4.63. The lowest BCUT2D eigenvalue weighted by Crippen LogP contribution is -2.48. The minimum Gasteiger partial charge on any atom is -0.371 e. The summed E-state index contributed by atoms with van der Waals surface area (Å²) in [5.41, 5.74) is 2.63. The molecule has 176 valence electrons. The Bertz CT molecular complexity index is 1060. The molecule has 1 aliphatic carbocycles. The number of hydrazone groups is 1. The number of fused-ring (bicyclic) bond motifs is 2. The highest BCUT2D eigenvalue weighted by atomic mass is 19.4. The van der Waals surface area contributed by atoms with Gasteiger partial charge in [-0.3, -0.25) is 9.59 Å². The number of hydrogen-bond donors (Lipinski definition) is 1. The van der Waals surface area contributed by atoms with Gasteiger partial charge in [0.1, 0.15) is 6.54 Å². The van der Waals surface area contributed by atoms with Crippen LogP contribution in [-0.4, -0.2) is 48.3 Å². The average molecular weight is 461 g/mol. The standard InChI is InChI=1S/C24H27F3N4O2/c1-4-30-10-9-15-11-17(6-8-20(15)30)28-21(32)13-31-23(33)18-7-5-16(24(25,26)27)12-19(18)22(29-31)14(2)3/h5-8,11-12,14,18-19H,4,9-10,13H2,1-3H3,(H,28,32). The predicted molar refractivity (Wildman–Crippen MR) is 121 cm³/mol. The lowest BCUT2D eigenvalue weighted by molar-refractivity contribution is -0.138. The van der Waals surface area contributed by atoms with E-state index in [0.29, 0.717) is 11.4 Å². The molecule has 0 radical (unpaired) electrons. The fourth-order valence-electron chi connectivity index (χ4n) is 4.63. The van der Waals surface area contributed by atoms with Gasteiger partial charge < -0.3 is 10.2 Å². The summed E-state index contributed by atoms with van der Waals surface area (Å²) >= 11 is 0. The molecule has 1 aromatic carbocycles. The lowest BCUT2D eigenvalue weighted by atomic mass is 9.77. The van der Waals surface area contributed by atoms with Crippen molar-refractivity contribution in [1.82, 2.24) is 5.01 Å². The number of anilines is 2. The molecule has 0 saturated carbocycles. The Hall–Kier alpha value is -3.10. The molecule has 2 unspecified atom stereocenters. The lowest BCUT2D eigenvalue weighted by Gasteiger charge is -2.36. The van der Waals surface area contributed by atoms with Crippen LogP contribution in [0.2, 0.25) is 0 Å². The molecule has 6 nitrogen and oxygen atoms in total. The Morgan fingerprint density at radius 3 is 2.70 bits per heavy atom. The van der Waals surface area contributed by atoms with E-state index in [1.54, 1.807) is 0 Å². The predicted octanol–water partition coefficient (Wildman–Crippen LogP) is 4.15. The molecule has 0 saturated heterocycles. The number of benzene rings is 1. The van der Waals surface area contributed by atoms with E-state index in [4.69, 9.17) is 0 Å². The minimum absolute atomic E-state index is 0.188. The van der Waals surface area contributed by atoms with Gasteiger partial charge in [-0.25, -0.2) is 5.01 Å². The third kappa shape index (κ3) is 4.54. The number of carbonyl (C=O) groups excluding carboxylic acids is 2. The summed E-state index contributed by atoms with van der Waals surface area (Å²) in [6.07, 6.45) is -0.304. The first-order valence-electron chi connectivity index (χ1n) is 11.1. The largest absolute Gasteiger partial charge is 0.416 e. The van der Waals surface area contributed by atoms with Crippen LogP contribution in [0.4, 0.5) is 24.5 Å². The first-order chi connectivity index (χ1) is 15.6. The maximum atomic E-state index is 13.2. The van der Waals surface area contributed by atoms with Gasteiger partial charge in [0, 0.05) is 36.1 Å². The number of halogens is 3. The van der Waals surface area contributed by atoms with E-state index in [-0.39, 0.29) is 12.5 Å². The molecule has 9 heteroatoms. The number of carbonyl (C=O) groups is 2. The third-order valence-corrected chi connectivity index (χ3v) is 6.30. The molecule has 1 aromatic rings. The zero-order valence-electron chi connectivity index (χ0n) is 18.8. The highest BCUT2D eigenvalue weighted by Crippen LogP contribution is 2.38. The number of rotatable bonds is 5. The van der Waals surface area contributed by atoms with Gasteiger partial charge in [-0.2, -0.15) is 18.3 Å². The van der Waals surface area contributed by atoms with Crippen molar-refractivity contribution in [1.29, 1.82) is 0 Å². The van der Waals surface area contributed by atoms with Crippen LogP contribution >= 0.6 is 0 Å². The third-order valence-electron chi connectivity index (χ3n) is 6.30. The van der Waals surface area contributed by atoms with Crippen LogP contribution in [0.15, 0.2) is 47.1 Å². The van der Waals surface area contributed by atoms with Crippen LogP contribution in [0.5, 0.6) is 0 Å². The Kier molecular flexibility index (Phi) is 6.07. The molecule has 0 aromatic heterocycles. The van der Waals surface area contributed by atoms with Crippen molar-refractivity contribution in [2.75, 3.05) is 29.9 Å². The normalized spacial score (nSPS) is 22.2. The van der Waals surface area contributed by atoms with E-state index < -0.39 is 35.4 Å². The van der Waals surface area contributed by atoms with E-state index in [1.165, 1.54) is 6.08 Å². The van der Waals surface area contributed by atoms with Crippen molar-refractivity contribution in [2.24, 2.45) is 22.9 Å². The molecule has 0 fully saturated rings. The van der Waals surface area contributed by atoms with Gasteiger partial charge in [-0.05, 0) is 43.0 Å².